The second kappa shape index (κ2) is 6.24. The molecule has 3 rings (SSSR count). The number of ketones is 2. The number of thioether (sulfide) groups is 2. The molecule has 8 heteroatoms. The third-order valence-corrected chi connectivity index (χ3v) is 7.67. The van der Waals surface area contributed by atoms with Gasteiger partial charge in [-0.1, -0.05) is 27.7 Å². The fourth-order valence-electron chi connectivity index (χ4n) is 2.53. The first-order valence-corrected chi connectivity index (χ1v) is 9.68. The fraction of sp³-hybridized carbons (Fsp3) is 0.312. The highest BCUT2D eigenvalue weighted by Crippen LogP contribution is 2.58. The second-order valence-corrected chi connectivity index (χ2v) is 9.05. The highest BCUT2D eigenvalue weighted by Gasteiger charge is 2.55. The van der Waals surface area contributed by atoms with Crippen LogP contribution >= 0.6 is 39.5 Å². The molecule has 2 aliphatic rings. The summed E-state index contributed by atoms with van der Waals surface area (Å²) in [6.07, 6.45) is 0. The number of hydrazone groups is 1. The zero-order valence-corrected chi connectivity index (χ0v) is 16.9. The third-order valence-electron chi connectivity index (χ3n) is 3.87. The minimum absolute atomic E-state index is 0.0221. The average Bonchev–Trinajstić information content (AvgIpc) is 3.03. The molecule has 2 aliphatic heterocycles. The Bertz CT molecular complexity index is 791. The first-order valence-electron chi connectivity index (χ1n) is 7.25. The van der Waals surface area contributed by atoms with Gasteiger partial charge in [-0.3, -0.25) is 9.59 Å². The van der Waals surface area contributed by atoms with E-state index in [1.807, 2.05) is 48.1 Å². The van der Waals surface area contributed by atoms with Crippen molar-refractivity contribution in [3.05, 3.63) is 39.3 Å². The molecule has 24 heavy (non-hydrogen) atoms. The van der Waals surface area contributed by atoms with Crippen LogP contribution in [-0.2, 0) is 9.59 Å². The Morgan fingerprint density at radius 2 is 1.75 bits per heavy atom. The molecule has 126 valence electrons. The van der Waals surface area contributed by atoms with E-state index in [0.29, 0.717) is 9.95 Å². The van der Waals surface area contributed by atoms with Crippen molar-refractivity contribution in [1.82, 2.24) is 4.90 Å². The Hall–Kier alpha value is -1.25. The summed E-state index contributed by atoms with van der Waals surface area (Å²) in [5.41, 5.74) is 1.75. The van der Waals surface area contributed by atoms with Crippen LogP contribution in [0.25, 0.3) is 0 Å². The van der Waals surface area contributed by atoms with Crippen LogP contribution in [0.15, 0.2) is 44.4 Å². The normalized spacial score (nSPS) is 23.3. The Labute approximate surface area is 157 Å². The number of hydrogen-bond acceptors (Lipinski definition) is 7. The van der Waals surface area contributed by atoms with E-state index >= 15 is 0 Å². The molecule has 1 aromatic rings. The van der Waals surface area contributed by atoms with Crippen molar-refractivity contribution in [3.8, 4) is 0 Å². The number of halogens is 1. The van der Waals surface area contributed by atoms with Crippen molar-refractivity contribution < 1.29 is 9.59 Å². The van der Waals surface area contributed by atoms with Gasteiger partial charge in [-0.2, -0.15) is 5.10 Å². The molecule has 2 heterocycles. The summed E-state index contributed by atoms with van der Waals surface area (Å²) in [6, 6.07) is 7.74. The number of nitrogens with zero attached hydrogens (tertiary/aromatic N) is 3. The zero-order valence-electron chi connectivity index (χ0n) is 13.7. The molecule has 5 nitrogen and oxygen atoms in total. The van der Waals surface area contributed by atoms with E-state index in [0.717, 1.165) is 15.9 Å². The van der Waals surface area contributed by atoms with Crippen molar-refractivity contribution >= 4 is 61.8 Å². The van der Waals surface area contributed by atoms with Gasteiger partial charge < -0.3 is 4.90 Å². The molecule has 0 aromatic heterocycles. The van der Waals surface area contributed by atoms with Crippen LogP contribution in [0.2, 0.25) is 0 Å². The maximum atomic E-state index is 12.0. The molecule has 0 unspecified atom stereocenters. The van der Waals surface area contributed by atoms with Crippen LogP contribution < -0.4 is 5.01 Å². The molecule has 0 saturated carbocycles. The van der Waals surface area contributed by atoms with Crippen LogP contribution in [0.1, 0.15) is 20.8 Å². The smallest absolute Gasteiger partial charge is 0.241 e. The number of benzene rings is 1. The monoisotopic (exact) mass is 425 g/mol. The van der Waals surface area contributed by atoms with Crippen molar-refractivity contribution in [3.63, 3.8) is 0 Å². The van der Waals surface area contributed by atoms with E-state index in [-0.39, 0.29) is 11.6 Å². The lowest BCUT2D eigenvalue weighted by molar-refractivity contribution is -0.113. The summed E-state index contributed by atoms with van der Waals surface area (Å²) in [7, 11) is 1.93. The number of carbonyl (C=O) groups is 2. The minimum Gasteiger partial charge on any atom is -0.335 e. The van der Waals surface area contributed by atoms with Gasteiger partial charge in [0.2, 0.25) is 4.33 Å². The molecular formula is C16H16BrN3O2S2. The van der Waals surface area contributed by atoms with Crippen LogP contribution in [-0.4, -0.2) is 32.9 Å². The van der Waals surface area contributed by atoms with Gasteiger partial charge in [0.25, 0.3) is 0 Å². The lowest BCUT2D eigenvalue weighted by atomic mass is 10.3. The van der Waals surface area contributed by atoms with Gasteiger partial charge in [-0.15, -0.1) is 0 Å². The van der Waals surface area contributed by atoms with E-state index in [4.69, 9.17) is 0 Å². The molecule has 0 saturated heterocycles. The number of allylic oxidation sites excluding steroid dienone is 2. The van der Waals surface area contributed by atoms with Gasteiger partial charge in [0.1, 0.15) is 0 Å². The minimum atomic E-state index is -0.695. The zero-order chi connectivity index (χ0) is 17.6. The molecule has 0 fully saturated rings. The van der Waals surface area contributed by atoms with Crippen molar-refractivity contribution in [1.29, 1.82) is 0 Å². The molecule has 0 aliphatic carbocycles. The fourth-order valence-corrected chi connectivity index (χ4v) is 5.67. The maximum absolute atomic E-state index is 12.0. The van der Waals surface area contributed by atoms with Gasteiger partial charge in [0, 0.05) is 24.1 Å². The highest BCUT2D eigenvalue weighted by molar-refractivity contribution is 9.10. The van der Waals surface area contributed by atoms with Crippen LogP contribution in [0.4, 0.5) is 5.69 Å². The largest absolute Gasteiger partial charge is 0.335 e. The molecule has 1 atom stereocenters. The highest BCUT2D eigenvalue weighted by atomic mass is 79.9. The van der Waals surface area contributed by atoms with Gasteiger partial charge in [0.15, 0.2) is 16.6 Å². The van der Waals surface area contributed by atoms with Crippen LogP contribution in [0, 0.1) is 0 Å². The van der Waals surface area contributed by atoms with E-state index in [9.17, 15) is 9.59 Å². The van der Waals surface area contributed by atoms with Gasteiger partial charge in [-0.25, -0.2) is 5.01 Å². The van der Waals surface area contributed by atoms with E-state index in [1.165, 1.54) is 30.4 Å². The van der Waals surface area contributed by atoms with Crippen molar-refractivity contribution in [2.24, 2.45) is 5.10 Å². The summed E-state index contributed by atoms with van der Waals surface area (Å²) >= 11 is 6.25. The number of rotatable bonds is 3. The molecule has 0 radical (unpaired) electrons. The summed E-state index contributed by atoms with van der Waals surface area (Å²) in [5.74, 6) is -0.0595. The van der Waals surface area contributed by atoms with E-state index in [1.54, 1.807) is 6.92 Å². The molecule has 0 N–H and O–H groups in total. The topological polar surface area (TPSA) is 53.0 Å². The lowest BCUT2D eigenvalue weighted by Gasteiger charge is -2.39. The van der Waals surface area contributed by atoms with Gasteiger partial charge >= 0.3 is 0 Å². The lowest BCUT2D eigenvalue weighted by Crippen LogP contribution is -2.47. The predicted molar refractivity (Wildman–Crippen MR) is 104 cm³/mol. The average molecular weight is 426 g/mol. The van der Waals surface area contributed by atoms with Crippen molar-refractivity contribution in [2.45, 2.75) is 25.1 Å². The van der Waals surface area contributed by atoms with E-state index in [2.05, 4.69) is 21.0 Å². The van der Waals surface area contributed by atoms with Crippen LogP contribution in [0.3, 0.4) is 0 Å². The second-order valence-electron chi connectivity index (χ2n) is 5.53. The standard InChI is InChI=1S/C16H16BrN3O2S2/c1-9-14(10(2)21)23-16(19(9)4)20(18-15(24-16)11(3)22)13-7-5-12(17)6-8-13/h5-8H,1-4H3/t16-/m0/s1. The Balaban J connectivity index is 2.08. The Kier molecular flexibility index (Phi) is 4.57. The first-order chi connectivity index (χ1) is 11.3. The number of Topliss-reactive ketones (excluding diaryl/α,β-unsaturated/α-hetero) is 2. The van der Waals surface area contributed by atoms with Gasteiger partial charge in [-0.05, 0) is 49.9 Å². The number of hydrogen-bond donors (Lipinski definition) is 0. The Morgan fingerprint density at radius 1 is 1.12 bits per heavy atom. The van der Waals surface area contributed by atoms with Crippen molar-refractivity contribution in [2.75, 3.05) is 12.1 Å². The van der Waals surface area contributed by atoms with E-state index < -0.39 is 4.33 Å². The van der Waals surface area contributed by atoms with Crippen LogP contribution in [0.5, 0.6) is 0 Å². The summed E-state index contributed by atoms with van der Waals surface area (Å²) in [5, 5.41) is 6.81. The molecular weight excluding hydrogens is 410 g/mol. The molecule has 1 aromatic carbocycles. The first kappa shape index (κ1) is 17.6. The molecule has 0 amide bonds. The third kappa shape index (κ3) is 2.70. The summed E-state index contributed by atoms with van der Waals surface area (Å²) in [4.78, 5) is 26.6. The molecule has 1 spiro atoms. The Morgan fingerprint density at radius 3 is 2.25 bits per heavy atom. The quantitative estimate of drug-likeness (QED) is 0.728. The summed E-state index contributed by atoms with van der Waals surface area (Å²) in [6.45, 7) is 5.00. The number of anilines is 1. The molecule has 0 bridgehead atoms. The van der Waals surface area contributed by atoms with Gasteiger partial charge in [0.05, 0.1) is 10.6 Å². The maximum Gasteiger partial charge on any atom is 0.241 e. The number of carbonyl (C=O) groups excluding carboxylic acids is 2. The SMILES string of the molecule is CC(=O)C1=NN(c2ccc(Br)cc2)[C@]2(S1)SC(C(C)=O)=C(C)N2C. The predicted octanol–water partition coefficient (Wildman–Crippen LogP) is 4.02. The summed E-state index contributed by atoms with van der Waals surface area (Å²) < 4.78 is 0.272.